The molecule has 1 fully saturated rings. The molecule has 0 bridgehead atoms. The summed E-state index contributed by atoms with van der Waals surface area (Å²) in [7, 11) is 0. The van der Waals surface area contributed by atoms with Crippen molar-refractivity contribution in [1.82, 2.24) is 5.32 Å². The second-order valence-electron chi connectivity index (χ2n) is 3.54. The molecule has 1 N–H and O–H groups in total. The maximum Gasteiger partial charge on any atom is 0.228 e. The van der Waals surface area contributed by atoms with Gasteiger partial charge in [0.15, 0.2) is 0 Å². The van der Waals surface area contributed by atoms with Gasteiger partial charge in [-0.05, 0) is 27.2 Å². The summed E-state index contributed by atoms with van der Waals surface area (Å²) in [6.45, 7) is 7.26. The van der Waals surface area contributed by atoms with E-state index in [4.69, 9.17) is 4.74 Å². The lowest BCUT2D eigenvalue weighted by atomic mass is 9.83. The molecule has 12 heavy (non-hydrogen) atoms. The average Bonchev–Trinajstić information content (AvgIpc) is 2.34. The lowest BCUT2D eigenvalue weighted by Crippen LogP contribution is -2.42. The number of amides is 1. The molecule has 0 saturated carbocycles. The van der Waals surface area contributed by atoms with Crippen LogP contribution >= 0.6 is 0 Å². The van der Waals surface area contributed by atoms with Gasteiger partial charge >= 0.3 is 0 Å². The van der Waals surface area contributed by atoms with Crippen molar-refractivity contribution in [2.75, 3.05) is 13.2 Å². The van der Waals surface area contributed by atoms with Crippen LogP contribution < -0.4 is 5.32 Å². The van der Waals surface area contributed by atoms with E-state index in [9.17, 15) is 4.79 Å². The van der Waals surface area contributed by atoms with Crippen molar-refractivity contribution in [1.29, 1.82) is 0 Å². The van der Waals surface area contributed by atoms with Crippen LogP contribution in [0.1, 0.15) is 27.2 Å². The second kappa shape index (κ2) is 3.44. The first-order valence-corrected chi connectivity index (χ1v) is 4.51. The van der Waals surface area contributed by atoms with E-state index in [1.54, 1.807) is 0 Å². The van der Waals surface area contributed by atoms with Gasteiger partial charge in [-0.25, -0.2) is 0 Å². The summed E-state index contributed by atoms with van der Waals surface area (Å²) in [4.78, 5) is 11.6. The molecule has 0 aromatic heterocycles. The van der Waals surface area contributed by atoms with Gasteiger partial charge in [-0.3, -0.25) is 4.79 Å². The minimum atomic E-state index is -0.310. The zero-order chi connectivity index (χ0) is 9.19. The van der Waals surface area contributed by atoms with Crippen molar-refractivity contribution in [2.24, 2.45) is 5.41 Å². The largest absolute Gasteiger partial charge is 0.377 e. The molecular weight excluding hydrogens is 154 g/mol. The van der Waals surface area contributed by atoms with Gasteiger partial charge in [-0.2, -0.15) is 0 Å². The first kappa shape index (κ1) is 9.52. The third kappa shape index (κ3) is 1.46. The Bertz CT molecular complexity index is 181. The summed E-state index contributed by atoms with van der Waals surface area (Å²) in [5.41, 5.74) is -0.310. The maximum absolute atomic E-state index is 11.6. The number of hydrogen-bond donors (Lipinski definition) is 1. The van der Waals surface area contributed by atoms with Gasteiger partial charge in [-0.15, -0.1) is 0 Å². The summed E-state index contributed by atoms with van der Waals surface area (Å²) in [5.74, 6) is 0.120. The molecule has 1 amide bonds. The summed E-state index contributed by atoms with van der Waals surface area (Å²) in [5, 5.41) is 2.84. The predicted octanol–water partition coefficient (Wildman–Crippen LogP) is 0.938. The van der Waals surface area contributed by atoms with E-state index in [1.807, 2.05) is 20.8 Å². The number of rotatable bonds is 2. The number of nitrogens with one attached hydrogen (secondary N) is 1. The topological polar surface area (TPSA) is 38.3 Å². The Hall–Kier alpha value is -0.570. The molecule has 70 valence electrons. The Labute approximate surface area is 73.5 Å². The van der Waals surface area contributed by atoms with Gasteiger partial charge in [0.1, 0.15) is 0 Å². The smallest absolute Gasteiger partial charge is 0.228 e. The normalized spacial score (nSPS) is 35.1. The summed E-state index contributed by atoms with van der Waals surface area (Å²) in [6.07, 6.45) is 0.879. The lowest BCUT2D eigenvalue weighted by molar-refractivity contribution is -0.132. The van der Waals surface area contributed by atoms with Gasteiger partial charge in [0, 0.05) is 13.2 Å². The quantitative estimate of drug-likeness (QED) is 0.671. The van der Waals surface area contributed by atoms with Crippen LogP contribution in [0.25, 0.3) is 0 Å². The fraction of sp³-hybridized carbons (Fsp3) is 0.889. The molecule has 0 spiro atoms. The Balaban J connectivity index is 2.63. The van der Waals surface area contributed by atoms with E-state index in [0.717, 1.165) is 6.42 Å². The Morgan fingerprint density at radius 3 is 2.83 bits per heavy atom. The van der Waals surface area contributed by atoms with Crippen molar-refractivity contribution in [3.63, 3.8) is 0 Å². The van der Waals surface area contributed by atoms with E-state index in [1.165, 1.54) is 0 Å². The van der Waals surface area contributed by atoms with Crippen molar-refractivity contribution in [3.05, 3.63) is 0 Å². The minimum Gasteiger partial charge on any atom is -0.377 e. The van der Waals surface area contributed by atoms with Crippen LogP contribution in [0, 0.1) is 5.41 Å². The molecule has 2 unspecified atom stereocenters. The SMILES string of the molecule is CCNC(=O)C1(C)CCOC1C. The van der Waals surface area contributed by atoms with Gasteiger partial charge in [0.25, 0.3) is 0 Å². The average molecular weight is 171 g/mol. The minimum absolute atomic E-state index is 0.0454. The van der Waals surface area contributed by atoms with Gasteiger partial charge in [0.05, 0.1) is 11.5 Å². The summed E-state index contributed by atoms with van der Waals surface area (Å²) in [6, 6.07) is 0. The Morgan fingerprint density at radius 1 is 1.75 bits per heavy atom. The molecule has 1 saturated heterocycles. The van der Waals surface area contributed by atoms with E-state index < -0.39 is 0 Å². The first-order valence-electron chi connectivity index (χ1n) is 4.51. The Morgan fingerprint density at radius 2 is 2.42 bits per heavy atom. The van der Waals surface area contributed by atoms with Gasteiger partial charge in [-0.1, -0.05) is 0 Å². The predicted molar refractivity (Wildman–Crippen MR) is 46.8 cm³/mol. The molecule has 1 aliphatic rings. The van der Waals surface area contributed by atoms with Crippen molar-refractivity contribution in [2.45, 2.75) is 33.3 Å². The van der Waals surface area contributed by atoms with Crippen LogP contribution in [0.15, 0.2) is 0 Å². The number of hydrogen-bond acceptors (Lipinski definition) is 2. The van der Waals surface area contributed by atoms with Crippen LogP contribution in [-0.4, -0.2) is 25.2 Å². The number of carbonyl (C=O) groups excluding carboxylic acids is 1. The Kier molecular flexibility index (Phi) is 2.73. The molecule has 0 aliphatic carbocycles. The molecular formula is C9H17NO2. The third-order valence-corrected chi connectivity index (χ3v) is 2.74. The van der Waals surface area contributed by atoms with Crippen LogP contribution in [0.2, 0.25) is 0 Å². The molecule has 0 radical (unpaired) electrons. The molecule has 0 aromatic rings. The second-order valence-corrected chi connectivity index (χ2v) is 3.54. The molecule has 0 aromatic carbocycles. The zero-order valence-corrected chi connectivity index (χ0v) is 8.02. The summed E-state index contributed by atoms with van der Waals surface area (Å²) >= 11 is 0. The lowest BCUT2D eigenvalue weighted by Gasteiger charge is -2.25. The fourth-order valence-corrected chi connectivity index (χ4v) is 1.50. The zero-order valence-electron chi connectivity index (χ0n) is 8.02. The third-order valence-electron chi connectivity index (χ3n) is 2.74. The van der Waals surface area contributed by atoms with E-state index >= 15 is 0 Å². The summed E-state index contributed by atoms with van der Waals surface area (Å²) < 4.78 is 5.38. The first-order chi connectivity index (χ1) is 5.61. The molecule has 1 rings (SSSR count). The van der Waals surface area contributed by atoms with Crippen LogP contribution in [-0.2, 0) is 9.53 Å². The fourth-order valence-electron chi connectivity index (χ4n) is 1.50. The maximum atomic E-state index is 11.6. The molecule has 1 heterocycles. The highest BCUT2D eigenvalue weighted by atomic mass is 16.5. The van der Waals surface area contributed by atoms with Crippen LogP contribution in [0.4, 0.5) is 0 Å². The highest BCUT2D eigenvalue weighted by Crippen LogP contribution is 2.34. The molecule has 2 atom stereocenters. The van der Waals surface area contributed by atoms with Crippen LogP contribution in [0.5, 0.6) is 0 Å². The molecule has 1 aliphatic heterocycles. The number of carbonyl (C=O) groups is 1. The van der Waals surface area contributed by atoms with Crippen LogP contribution in [0.3, 0.4) is 0 Å². The van der Waals surface area contributed by atoms with Gasteiger partial charge in [0.2, 0.25) is 5.91 Å². The monoisotopic (exact) mass is 171 g/mol. The highest BCUT2D eigenvalue weighted by molar-refractivity contribution is 5.83. The standard InChI is InChI=1S/C9H17NO2/c1-4-10-8(11)9(3)5-6-12-7(9)2/h7H,4-6H2,1-3H3,(H,10,11). The van der Waals surface area contributed by atoms with E-state index in [-0.39, 0.29) is 17.4 Å². The van der Waals surface area contributed by atoms with E-state index in [2.05, 4.69) is 5.32 Å². The molecule has 3 nitrogen and oxygen atoms in total. The molecule has 3 heteroatoms. The van der Waals surface area contributed by atoms with E-state index in [0.29, 0.717) is 13.2 Å². The highest BCUT2D eigenvalue weighted by Gasteiger charge is 2.43. The van der Waals surface area contributed by atoms with Gasteiger partial charge < -0.3 is 10.1 Å². The van der Waals surface area contributed by atoms with Crippen molar-refractivity contribution >= 4 is 5.91 Å². The van der Waals surface area contributed by atoms with Crippen molar-refractivity contribution in [3.8, 4) is 0 Å². The number of ether oxygens (including phenoxy) is 1. The van der Waals surface area contributed by atoms with Crippen molar-refractivity contribution < 1.29 is 9.53 Å².